The van der Waals surface area contributed by atoms with Crippen LogP contribution < -0.4 is 5.19 Å². The summed E-state index contributed by atoms with van der Waals surface area (Å²) in [5.41, 5.74) is 8.32. The van der Waals surface area contributed by atoms with Crippen LogP contribution in [-0.2, 0) is 0 Å². The molecular formula is C32H66Si7. The topological polar surface area (TPSA) is 0 Å². The number of hydrogen-bond donors (Lipinski definition) is 0. The van der Waals surface area contributed by atoms with E-state index < -0.39 is 56.9 Å². The summed E-state index contributed by atoms with van der Waals surface area (Å²) in [5.74, 6) is 0. The van der Waals surface area contributed by atoms with Gasteiger partial charge in [0.15, 0.2) is 0 Å². The SMILES string of the molecule is C[Si](C)(C)C(c1cc(C([Si](C)(C)C)[Si](C)(C)C)c([Si]2=CCC=CC2)c(C([Si](C)(C)C)[Si](C)(C)C)c1)[Si](C)(C)C. The van der Waals surface area contributed by atoms with Crippen molar-refractivity contribution in [3.63, 3.8) is 0 Å². The fourth-order valence-electron chi connectivity index (χ4n) is 9.27. The van der Waals surface area contributed by atoms with Crippen LogP contribution in [0.2, 0.25) is 124 Å². The van der Waals surface area contributed by atoms with E-state index in [-0.39, 0.29) is 0 Å². The smallest absolute Gasteiger partial charge is 0.0493 e. The van der Waals surface area contributed by atoms with Crippen LogP contribution in [0.3, 0.4) is 0 Å². The van der Waals surface area contributed by atoms with Gasteiger partial charge in [-0.15, -0.1) is 0 Å². The maximum atomic E-state index is 2.90. The summed E-state index contributed by atoms with van der Waals surface area (Å²) in [5, 5.41) is 4.34. The lowest BCUT2D eigenvalue weighted by Gasteiger charge is -2.46. The third-order valence-corrected chi connectivity index (χ3v) is 39.2. The van der Waals surface area contributed by atoms with E-state index in [2.05, 4.69) is 148 Å². The molecule has 1 aliphatic rings. The first-order valence-electron chi connectivity index (χ1n) is 15.7. The first-order valence-corrected chi connectivity index (χ1v) is 39.0. The van der Waals surface area contributed by atoms with Gasteiger partial charge < -0.3 is 0 Å². The van der Waals surface area contributed by atoms with E-state index in [4.69, 9.17) is 0 Å². The standard InChI is InChI=1S/C32H66Si7/c1-34(2,3)30(35(4,5)6)26-24-27(31(36(7,8)9)37(10,11)12)29(33-22-20-19-21-23-33)28(25-26)32(38(13,14)15)39(16,17)18/h19-20,23-25,30-32H,21-22H2,1-18H3. The van der Waals surface area contributed by atoms with Crippen molar-refractivity contribution in [3.8, 4) is 0 Å². The third kappa shape index (κ3) is 8.69. The van der Waals surface area contributed by atoms with Crippen LogP contribution in [0.25, 0.3) is 0 Å². The van der Waals surface area contributed by atoms with Crippen molar-refractivity contribution in [1.29, 1.82) is 0 Å². The summed E-state index contributed by atoms with van der Waals surface area (Å²) >= 11 is 0. The predicted molar refractivity (Wildman–Crippen MR) is 205 cm³/mol. The van der Waals surface area contributed by atoms with Crippen molar-refractivity contribution in [3.05, 3.63) is 41.0 Å². The highest BCUT2D eigenvalue weighted by Gasteiger charge is 2.46. The van der Waals surface area contributed by atoms with Crippen LogP contribution >= 0.6 is 0 Å². The zero-order valence-corrected chi connectivity index (χ0v) is 36.5. The maximum Gasteiger partial charge on any atom is 0.0493 e. The van der Waals surface area contributed by atoms with Crippen molar-refractivity contribution in [2.24, 2.45) is 0 Å². The zero-order chi connectivity index (χ0) is 30.6. The van der Waals surface area contributed by atoms with E-state index >= 15 is 0 Å². The predicted octanol–water partition coefficient (Wildman–Crippen LogP) is 10.2. The Kier molecular flexibility index (Phi) is 10.7. The molecule has 7 heteroatoms. The molecule has 0 unspecified atom stereocenters. The minimum atomic E-state index is -1.47. The molecule has 0 radical (unpaired) electrons. The van der Waals surface area contributed by atoms with Crippen LogP contribution in [-0.4, -0.2) is 62.5 Å². The first-order chi connectivity index (χ1) is 17.2. The summed E-state index contributed by atoms with van der Waals surface area (Å²) in [4.78, 5) is 0. The fourth-order valence-corrected chi connectivity index (χ4v) is 50.6. The second kappa shape index (κ2) is 11.8. The molecule has 0 N–H and O–H groups in total. The van der Waals surface area contributed by atoms with Crippen LogP contribution in [0.1, 0.15) is 38.6 Å². The van der Waals surface area contributed by atoms with Gasteiger partial charge in [-0.3, -0.25) is 0 Å². The van der Waals surface area contributed by atoms with E-state index in [0.29, 0.717) is 0 Å². The second-order valence-electron chi connectivity index (χ2n) is 19.2. The molecule has 0 saturated carbocycles. The average Bonchev–Trinajstić information content (AvgIpc) is 2.61. The Hall–Kier alpha value is 0.348. The number of hydrogen-bond acceptors (Lipinski definition) is 0. The Labute approximate surface area is 253 Å². The highest BCUT2D eigenvalue weighted by atomic mass is 28.4. The molecular weight excluding hydrogens is 581 g/mol. The highest BCUT2D eigenvalue weighted by molar-refractivity contribution is 6.98. The van der Waals surface area contributed by atoms with E-state index in [0.717, 1.165) is 15.5 Å². The zero-order valence-electron chi connectivity index (χ0n) is 29.5. The molecule has 1 aromatic rings. The monoisotopic (exact) mass is 646 g/mol. The van der Waals surface area contributed by atoms with Gasteiger partial charge in [-0.25, -0.2) is 0 Å². The lowest BCUT2D eigenvalue weighted by molar-refractivity contribution is 1.10. The van der Waals surface area contributed by atoms with E-state index in [1.54, 1.807) is 5.56 Å². The summed E-state index contributed by atoms with van der Waals surface area (Å²) in [6.07, 6.45) is 6.15. The first kappa shape index (κ1) is 35.5. The largest absolute Gasteiger partial charge is 0.0954 e. The Morgan fingerprint density at radius 1 is 0.487 bits per heavy atom. The summed E-state index contributed by atoms with van der Waals surface area (Å²) in [6.45, 7) is 48.3. The quantitative estimate of drug-likeness (QED) is 0.175. The van der Waals surface area contributed by atoms with Gasteiger partial charge in [0.05, 0.1) is 0 Å². The van der Waals surface area contributed by atoms with Gasteiger partial charge in [0.2, 0.25) is 0 Å². The lowest BCUT2D eigenvalue weighted by atomic mass is 10.1. The summed E-state index contributed by atoms with van der Waals surface area (Å²) in [6, 6.07) is 7.09. The van der Waals surface area contributed by atoms with E-state index in [1.807, 2.05) is 16.3 Å². The molecule has 0 saturated heterocycles. The molecule has 0 spiro atoms. The van der Waals surface area contributed by atoms with Crippen LogP contribution in [0.5, 0.6) is 0 Å². The van der Waals surface area contributed by atoms with Crippen molar-refractivity contribution < 1.29 is 0 Å². The molecule has 0 atom stereocenters. The Balaban J connectivity index is 3.30. The molecule has 0 aliphatic carbocycles. The molecule has 222 valence electrons. The van der Waals surface area contributed by atoms with Crippen molar-refractivity contribution in [2.45, 2.75) is 146 Å². The Morgan fingerprint density at radius 2 is 0.821 bits per heavy atom. The average molecular weight is 647 g/mol. The number of allylic oxidation sites excluding steroid dienone is 2. The Bertz CT molecular complexity index is 977. The minimum absolute atomic E-state index is 0.725. The second-order valence-corrected chi connectivity index (χ2v) is 55.2. The molecule has 0 bridgehead atoms. The molecule has 1 aliphatic heterocycles. The van der Waals surface area contributed by atoms with Gasteiger partial charge in [-0.2, -0.15) is 0 Å². The third-order valence-electron chi connectivity index (χ3n) is 8.70. The number of rotatable bonds is 10. The molecule has 0 amide bonds. The van der Waals surface area contributed by atoms with E-state index in [9.17, 15) is 0 Å². The van der Waals surface area contributed by atoms with Crippen LogP contribution in [0, 0.1) is 0 Å². The summed E-state index contributed by atoms with van der Waals surface area (Å²) in [7, 11) is -9.43. The molecule has 1 aromatic carbocycles. The molecule has 1 heterocycles. The molecule has 0 nitrogen and oxygen atoms in total. The van der Waals surface area contributed by atoms with Crippen molar-refractivity contribution >= 4 is 67.7 Å². The van der Waals surface area contributed by atoms with Crippen LogP contribution in [0.15, 0.2) is 24.3 Å². The Morgan fingerprint density at radius 3 is 1.08 bits per heavy atom. The molecule has 39 heavy (non-hydrogen) atoms. The van der Waals surface area contributed by atoms with Crippen molar-refractivity contribution in [1.82, 2.24) is 0 Å². The van der Waals surface area contributed by atoms with Gasteiger partial charge in [0.1, 0.15) is 0 Å². The molecule has 2 rings (SSSR count). The van der Waals surface area contributed by atoms with Gasteiger partial charge in [0, 0.05) is 56.9 Å². The van der Waals surface area contributed by atoms with Gasteiger partial charge in [-0.1, -0.05) is 148 Å². The summed E-state index contributed by atoms with van der Waals surface area (Å²) < 4.78 is 0. The van der Waals surface area contributed by atoms with Crippen LogP contribution in [0.4, 0.5) is 0 Å². The van der Waals surface area contributed by atoms with Gasteiger partial charge in [0.25, 0.3) is 0 Å². The maximum absolute atomic E-state index is 2.90. The fraction of sp³-hybridized carbons (Fsp3) is 0.719. The minimum Gasteiger partial charge on any atom is -0.0954 e. The van der Waals surface area contributed by atoms with Gasteiger partial charge >= 0.3 is 0 Å². The molecule has 0 fully saturated rings. The van der Waals surface area contributed by atoms with Crippen molar-refractivity contribution in [2.75, 3.05) is 0 Å². The number of benzene rings is 1. The highest BCUT2D eigenvalue weighted by Crippen LogP contribution is 2.44. The van der Waals surface area contributed by atoms with Gasteiger partial charge in [-0.05, 0) is 49.8 Å². The molecule has 0 aromatic heterocycles. The lowest BCUT2D eigenvalue weighted by Crippen LogP contribution is -2.54. The van der Waals surface area contributed by atoms with E-state index in [1.165, 1.54) is 12.5 Å². The normalized spacial score (nSPS) is 16.5.